The molecular formula is C10H10BrIN2O2. The molecule has 1 aliphatic heterocycles. The van der Waals surface area contributed by atoms with E-state index in [1.165, 1.54) is 0 Å². The lowest BCUT2D eigenvalue weighted by atomic mass is 10.2. The van der Waals surface area contributed by atoms with Gasteiger partial charge in [0.2, 0.25) is 0 Å². The predicted molar refractivity (Wildman–Crippen MR) is 75.0 cm³/mol. The van der Waals surface area contributed by atoms with Gasteiger partial charge in [0.1, 0.15) is 9.26 Å². The molecule has 2 rings (SSSR count). The molecule has 6 heteroatoms. The molecule has 0 N–H and O–H groups in total. The molecule has 1 aromatic carbocycles. The van der Waals surface area contributed by atoms with E-state index in [4.69, 9.17) is 0 Å². The number of benzene rings is 1. The summed E-state index contributed by atoms with van der Waals surface area (Å²) in [6.07, 6.45) is 2.23. The van der Waals surface area contributed by atoms with Crippen molar-refractivity contribution >= 4 is 49.9 Å². The molecule has 0 spiro atoms. The number of nitro benzene ring substituents is 1. The summed E-state index contributed by atoms with van der Waals surface area (Å²) in [5, 5.41) is 11.1. The zero-order valence-corrected chi connectivity index (χ0v) is 12.2. The quantitative estimate of drug-likeness (QED) is 0.436. The molecule has 0 radical (unpaired) electrons. The van der Waals surface area contributed by atoms with Crippen LogP contribution in [0.2, 0.25) is 0 Å². The third kappa shape index (κ3) is 2.17. The summed E-state index contributed by atoms with van der Waals surface area (Å²) in [7, 11) is 0. The van der Waals surface area contributed by atoms with Crippen molar-refractivity contribution in [3.05, 3.63) is 30.3 Å². The molecule has 0 amide bonds. The Balaban J connectivity index is 2.51. The molecular weight excluding hydrogens is 387 g/mol. The van der Waals surface area contributed by atoms with Gasteiger partial charge in [-0.15, -0.1) is 0 Å². The van der Waals surface area contributed by atoms with Crippen molar-refractivity contribution in [3.63, 3.8) is 0 Å². The molecule has 0 aliphatic carbocycles. The molecule has 1 saturated heterocycles. The van der Waals surface area contributed by atoms with Crippen LogP contribution < -0.4 is 4.90 Å². The van der Waals surface area contributed by atoms with E-state index in [9.17, 15) is 10.1 Å². The van der Waals surface area contributed by atoms with Gasteiger partial charge in [0.25, 0.3) is 0 Å². The van der Waals surface area contributed by atoms with Crippen LogP contribution in [-0.4, -0.2) is 18.0 Å². The number of halogens is 2. The molecule has 0 atom stereocenters. The fourth-order valence-electron chi connectivity index (χ4n) is 1.92. The minimum absolute atomic E-state index is 0.219. The molecule has 1 aromatic rings. The van der Waals surface area contributed by atoms with E-state index >= 15 is 0 Å². The smallest absolute Gasteiger partial charge is 0.306 e. The molecule has 0 bridgehead atoms. The maximum absolute atomic E-state index is 11.1. The maximum atomic E-state index is 11.1. The van der Waals surface area contributed by atoms with Gasteiger partial charge in [0.05, 0.1) is 4.92 Å². The standard InChI is InChI=1S/C10H10BrIN2O2/c11-7-3-4-8(13-5-1-2-6-13)10(9(7)12)14(15)16/h3-4H,1-2,5-6H2. The van der Waals surface area contributed by atoms with Crippen LogP contribution in [0, 0.1) is 13.7 Å². The van der Waals surface area contributed by atoms with Gasteiger partial charge in [-0.2, -0.15) is 0 Å². The molecule has 0 saturated carbocycles. The van der Waals surface area contributed by atoms with E-state index in [0.717, 1.165) is 36.1 Å². The van der Waals surface area contributed by atoms with Crippen LogP contribution in [-0.2, 0) is 0 Å². The first-order valence-corrected chi connectivity index (χ1v) is 6.86. The van der Waals surface area contributed by atoms with Gasteiger partial charge in [-0.25, -0.2) is 0 Å². The van der Waals surface area contributed by atoms with Gasteiger partial charge in [-0.3, -0.25) is 10.1 Å². The number of hydrogen-bond donors (Lipinski definition) is 0. The monoisotopic (exact) mass is 396 g/mol. The number of anilines is 1. The van der Waals surface area contributed by atoms with Crippen LogP contribution in [0.3, 0.4) is 0 Å². The summed E-state index contributed by atoms with van der Waals surface area (Å²) in [6.45, 7) is 1.83. The second-order valence-corrected chi connectivity index (χ2v) is 5.61. The summed E-state index contributed by atoms with van der Waals surface area (Å²) in [5.41, 5.74) is 0.965. The number of nitrogens with zero attached hydrogens (tertiary/aromatic N) is 2. The van der Waals surface area contributed by atoms with Gasteiger partial charge >= 0.3 is 5.69 Å². The topological polar surface area (TPSA) is 46.4 Å². The summed E-state index contributed by atoms with van der Waals surface area (Å²) >= 11 is 5.34. The van der Waals surface area contributed by atoms with Gasteiger partial charge in [0, 0.05) is 17.6 Å². The van der Waals surface area contributed by atoms with Crippen LogP contribution >= 0.6 is 38.5 Å². The van der Waals surface area contributed by atoms with Crippen LogP contribution in [0.4, 0.5) is 11.4 Å². The van der Waals surface area contributed by atoms with E-state index in [-0.39, 0.29) is 10.6 Å². The lowest BCUT2D eigenvalue weighted by Gasteiger charge is -2.18. The summed E-state index contributed by atoms with van der Waals surface area (Å²) < 4.78 is 1.45. The molecule has 4 nitrogen and oxygen atoms in total. The molecule has 1 heterocycles. The fraction of sp³-hybridized carbons (Fsp3) is 0.400. The van der Waals surface area contributed by atoms with Crippen LogP contribution in [0.15, 0.2) is 16.6 Å². The van der Waals surface area contributed by atoms with Crippen molar-refractivity contribution < 1.29 is 4.92 Å². The zero-order chi connectivity index (χ0) is 11.7. The Morgan fingerprint density at radius 2 is 2.00 bits per heavy atom. The minimum atomic E-state index is -0.291. The largest absolute Gasteiger partial charge is 0.366 e. The van der Waals surface area contributed by atoms with Crippen molar-refractivity contribution in [2.24, 2.45) is 0 Å². The highest BCUT2D eigenvalue weighted by Crippen LogP contribution is 2.38. The van der Waals surface area contributed by atoms with Crippen LogP contribution in [0.25, 0.3) is 0 Å². The minimum Gasteiger partial charge on any atom is -0.366 e. The molecule has 0 unspecified atom stereocenters. The van der Waals surface area contributed by atoms with Gasteiger partial charge < -0.3 is 4.90 Å². The Kier molecular flexibility index (Phi) is 3.68. The number of nitro groups is 1. The Bertz CT molecular complexity index is 433. The summed E-state index contributed by atoms with van der Waals surface area (Å²) in [6, 6.07) is 3.71. The summed E-state index contributed by atoms with van der Waals surface area (Å²) in [4.78, 5) is 12.9. The van der Waals surface area contributed by atoms with Crippen LogP contribution in [0.1, 0.15) is 12.8 Å². The van der Waals surface area contributed by atoms with E-state index < -0.39 is 0 Å². The first kappa shape index (κ1) is 12.1. The van der Waals surface area contributed by atoms with Crippen molar-refractivity contribution in [2.45, 2.75) is 12.8 Å². The maximum Gasteiger partial charge on any atom is 0.306 e. The van der Waals surface area contributed by atoms with Gasteiger partial charge in [-0.1, -0.05) is 0 Å². The second-order valence-electron chi connectivity index (χ2n) is 3.68. The van der Waals surface area contributed by atoms with Crippen molar-refractivity contribution in [2.75, 3.05) is 18.0 Å². The fourth-order valence-corrected chi connectivity index (χ4v) is 2.89. The average Bonchev–Trinajstić information content (AvgIpc) is 2.74. The number of hydrogen-bond acceptors (Lipinski definition) is 3. The highest BCUT2D eigenvalue weighted by Gasteiger charge is 2.26. The highest BCUT2D eigenvalue weighted by molar-refractivity contribution is 14.1. The Morgan fingerprint density at radius 1 is 1.38 bits per heavy atom. The lowest BCUT2D eigenvalue weighted by Crippen LogP contribution is -2.19. The first-order chi connectivity index (χ1) is 7.61. The van der Waals surface area contributed by atoms with Gasteiger partial charge in [-0.05, 0) is 63.5 Å². The predicted octanol–water partition coefficient (Wildman–Crippen LogP) is 3.56. The summed E-state index contributed by atoms with van der Waals surface area (Å²) in [5.74, 6) is 0. The van der Waals surface area contributed by atoms with E-state index in [2.05, 4.69) is 20.8 Å². The van der Waals surface area contributed by atoms with E-state index in [0.29, 0.717) is 3.57 Å². The normalized spacial score (nSPS) is 15.5. The molecule has 86 valence electrons. The van der Waals surface area contributed by atoms with Crippen molar-refractivity contribution in [1.82, 2.24) is 0 Å². The van der Waals surface area contributed by atoms with Crippen molar-refractivity contribution in [3.8, 4) is 0 Å². The Morgan fingerprint density at radius 3 is 2.56 bits per heavy atom. The molecule has 0 aromatic heterocycles. The zero-order valence-electron chi connectivity index (χ0n) is 8.45. The van der Waals surface area contributed by atoms with Gasteiger partial charge in [0.15, 0.2) is 0 Å². The average molecular weight is 397 g/mol. The Labute approximate surface area is 115 Å². The van der Waals surface area contributed by atoms with E-state index in [1.54, 1.807) is 0 Å². The number of rotatable bonds is 2. The van der Waals surface area contributed by atoms with Crippen LogP contribution in [0.5, 0.6) is 0 Å². The third-order valence-corrected chi connectivity index (χ3v) is 5.17. The van der Waals surface area contributed by atoms with E-state index in [1.807, 2.05) is 34.7 Å². The molecule has 1 fully saturated rings. The molecule has 1 aliphatic rings. The lowest BCUT2D eigenvalue weighted by molar-refractivity contribution is -0.385. The highest BCUT2D eigenvalue weighted by atomic mass is 127. The first-order valence-electron chi connectivity index (χ1n) is 4.98. The van der Waals surface area contributed by atoms with Crippen molar-refractivity contribution in [1.29, 1.82) is 0 Å². The molecule has 16 heavy (non-hydrogen) atoms. The SMILES string of the molecule is O=[N+]([O-])c1c(N2CCCC2)ccc(Br)c1I. The third-order valence-electron chi connectivity index (χ3n) is 2.68. The second kappa shape index (κ2) is 4.87. The Hall–Kier alpha value is -0.370.